The van der Waals surface area contributed by atoms with Crippen LogP contribution in [0.3, 0.4) is 0 Å². The molecule has 0 aliphatic heterocycles. The van der Waals surface area contributed by atoms with Crippen LogP contribution in [-0.4, -0.2) is 81.4 Å². The highest BCUT2D eigenvalue weighted by molar-refractivity contribution is 7.53. The molecule has 37 heavy (non-hydrogen) atoms. The van der Waals surface area contributed by atoms with E-state index in [0.717, 1.165) is 12.8 Å². The predicted molar refractivity (Wildman–Crippen MR) is 129 cm³/mol. The molecule has 2 aromatic heterocycles. The minimum absolute atomic E-state index is 0.193. The number of nitrogens with two attached hydrogens (primary N) is 1. The number of carbonyl (C=O) groups is 2. The van der Waals surface area contributed by atoms with Crippen LogP contribution in [0.15, 0.2) is 12.7 Å². The summed E-state index contributed by atoms with van der Waals surface area (Å²) in [7, 11) is -2.21. The third-order valence-corrected chi connectivity index (χ3v) is 7.20. The highest BCUT2D eigenvalue weighted by Gasteiger charge is 2.49. The van der Waals surface area contributed by atoms with Crippen molar-refractivity contribution in [2.24, 2.45) is 0 Å². The highest BCUT2D eigenvalue weighted by atomic mass is 31.2. The summed E-state index contributed by atoms with van der Waals surface area (Å²) in [5.74, 6) is 0.278. The molecule has 0 radical (unpaired) electrons. The molecule has 16 heteroatoms. The first-order chi connectivity index (χ1) is 17.4. The molecular formula is C21H33N6O9P. The number of carbonyl (C=O) groups excluding carboxylic acids is 2. The molecule has 2 N–H and O–H groups in total. The van der Waals surface area contributed by atoms with Gasteiger partial charge in [0, 0.05) is 12.1 Å². The lowest BCUT2D eigenvalue weighted by atomic mass is 10.2. The van der Waals surface area contributed by atoms with Gasteiger partial charge in [0.25, 0.3) is 0 Å². The van der Waals surface area contributed by atoms with Gasteiger partial charge in [-0.05, 0) is 47.6 Å². The van der Waals surface area contributed by atoms with Gasteiger partial charge in [-0.15, -0.1) is 0 Å². The smallest absolute Gasteiger partial charge is 0.432 e. The monoisotopic (exact) mass is 544 g/mol. The zero-order valence-electron chi connectivity index (χ0n) is 21.5. The highest BCUT2D eigenvalue weighted by Crippen LogP contribution is 2.53. The van der Waals surface area contributed by atoms with Crippen LogP contribution in [0.1, 0.15) is 40.5 Å². The molecule has 1 aliphatic rings. The number of hydrogen-bond acceptors (Lipinski definition) is 14. The van der Waals surface area contributed by atoms with Crippen LogP contribution in [0.2, 0.25) is 0 Å². The molecule has 0 unspecified atom stereocenters. The molecule has 3 rings (SSSR count). The van der Waals surface area contributed by atoms with Crippen molar-refractivity contribution in [3.63, 3.8) is 0 Å². The van der Waals surface area contributed by atoms with E-state index in [9.17, 15) is 14.2 Å². The summed E-state index contributed by atoms with van der Waals surface area (Å²) < 4.78 is 45.5. The molecule has 0 aromatic carbocycles. The van der Waals surface area contributed by atoms with Gasteiger partial charge in [0.2, 0.25) is 13.6 Å². The van der Waals surface area contributed by atoms with E-state index in [1.807, 2.05) is 9.47 Å². The van der Waals surface area contributed by atoms with Crippen molar-refractivity contribution in [3.05, 3.63) is 12.7 Å². The van der Waals surface area contributed by atoms with Gasteiger partial charge >= 0.3 is 19.9 Å². The quantitative estimate of drug-likeness (QED) is 0.221. The summed E-state index contributed by atoms with van der Waals surface area (Å²) in [5, 5.41) is 0. The Morgan fingerprint density at radius 2 is 1.62 bits per heavy atom. The summed E-state index contributed by atoms with van der Waals surface area (Å²) in [6.45, 7) is 5.69. The number of rotatable bonds is 13. The molecule has 206 valence electrons. The van der Waals surface area contributed by atoms with Gasteiger partial charge in [-0.3, -0.25) is 18.5 Å². The fraction of sp³-hybridized carbons (Fsp3) is 0.667. The first-order valence-corrected chi connectivity index (χ1v) is 13.3. The van der Waals surface area contributed by atoms with Crippen LogP contribution >= 0.6 is 7.60 Å². The summed E-state index contributed by atoms with van der Waals surface area (Å²) in [6, 6.07) is 0. The van der Waals surface area contributed by atoms with Gasteiger partial charge in [0.05, 0.1) is 18.5 Å². The Bertz CT molecular complexity index is 1100. The third-order valence-electron chi connectivity index (χ3n) is 5.43. The Morgan fingerprint density at radius 3 is 2.14 bits per heavy atom. The fourth-order valence-corrected chi connectivity index (χ4v) is 4.91. The molecule has 0 amide bonds. The lowest BCUT2D eigenvalue weighted by Gasteiger charge is -2.31. The van der Waals surface area contributed by atoms with Crippen molar-refractivity contribution in [1.29, 1.82) is 0 Å². The van der Waals surface area contributed by atoms with E-state index in [0.29, 0.717) is 17.7 Å². The maximum atomic E-state index is 13.6. The Labute approximate surface area is 214 Å². The van der Waals surface area contributed by atoms with E-state index in [-0.39, 0.29) is 12.1 Å². The average Bonchev–Trinajstić information content (AvgIpc) is 3.46. The normalized spacial score (nSPS) is 14.8. The van der Waals surface area contributed by atoms with Gasteiger partial charge in [-0.1, -0.05) is 0 Å². The minimum atomic E-state index is -3.97. The van der Waals surface area contributed by atoms with Crippen LogP contribution in [0.4, 0.5) is 15.4 Å². The SMILES string of the molecule is CC(C)OC(=O)OCOP(=O)(CN(C)C1(Cn2cnc3c(N)ncnc32)CC1)OCOC(=O)OC(C)C. The topological polar surface area (TPSA) is 179 Å². The van der Waals surface area contributed by atoms with Gasteiger partial charge in [0.1, 0.15) is 18.1 Å². The van der Waals surface area contributed by atoms with Crippen molar-refractivity contribution in [1.82, 2.24) is 24.4 Å². The van der Waals surface area contributed by atoms with E-state index in [1.165, 1.54) is 6.33 Å². The second kappa shape index (κ2) is 12.0. The zero-order chi connectivity index (χ0) is 27.2. The standard InChI is InChI=1S/C21H33N6O9P/c1-14(2)35-19(28)31-12-33-37(30,34-13-32-20(29)36-15(3)4)11-26(5)21(6-7-21)8-27-10-25-16-17(22)23-9-24-18(16)27/h9-10,14-15H,6-8,11-13H2,1-5H3,(H2,22,23,24). The average molecular weight is 545 g/mol. The number of imidazole rings is 1. The zero-order valence-corrected chi connectivity index (χ0v) is 22.4. The first kappa shape index (κ1) is 28.6. The van der Waals surface area contributed by atoms with Crippen LogP contribution < -0.4 is 5.73 Å². The molecule has 0 saturated heterocycles. The maximum absolute atomic E-state index is 13.6. The van der Waals surface area contributed by atoms with Gasteiger partial charge < -0.3 is 29.2 Å². The molecule has 2 aromatic rings. The van der Waals surface area contributed by atoms with E-state index in [4.69, 9.17) is 33.7 Å². The van der Waals surface area contributed by atoms with Crippen LogP contribution in [0.5, 0.6) is 0 Å². The van der Waals surface area contributed by atoms with Crippen molar-refractivity contribution in [2.45, 2.75) is 64.8 Å². The summed E-state index contributed by atoms with van der Waals surface area (Å²) in [4.78, 5) is 37.7. The van der Waals surface area contributed by atoms with Crippen LogP contribution in [0, 0.1) is 0 Å². The second-order valence-electron chi connectivity index (χ2n) is 9.09. The van der Waals surface area contributed by atoms with E-state index >= 15 is 0 Å². The largest absolute Gasteiger partial charge is 0.510 e. The fourth-order valence-electron chi connectivity index (χ4n) is 3.43. The molecular weight excluding hydrogens is 511 g/mol. The van der Waals surface area contributed by atoms with Crippen molar-refractivity contribution < 1.29 is 42.1 Å². The number of likely N-dealkylation sites (N-methyl/N-ethyl adjacent to an activating group) is 1. The van der Waals surface area contributed by atoms with Crippen molar-refractivity contribution >= 4 is 36.9 Å². The summed E-state index contributed by atoms with van der Waals surface area (Å²) >= 11 is 0. The lowest BCUT2D eigenvalue weighted by Crippen LogP contribution is -2.38. The molecule has 0 bridgehead atoms. The van der Waals surface area contributed by atoms with Crippen LogP contribution in [-0.2, 0) is 39.1 Å². The van der Waals surface area contributed by atoms with Gasteiger partial charge in [-0.2, -0.15) is 0 Å². The Kier molecular flexibility index (Phi) is 9.29. The third kappa shape index (κ3) is 7.99. The lowest BCUT2D eigenvalue weighted by molar-refractivity contribution is -0.0321. The minimum Gasteiger partial charge on any atom is -0.432 e. The van der Waals surface area contributed by atoms with E-state index < -0.39 is 51.2 Å². The second-order valence-corrected chi connectivity index (χ2v) is 11.1. The Hall–Kier alpha value is -3.00. The molecule has 2 heterocycles. The number of nitrogens with zero attached hydrogens (tertiary/aromatic N) is 5. The number of fused-ring (bicyclic) bond motifs is 1. The molecule has 15 nitrogen and oxygen atoms in total. The van der Waals surface area contributed by atoms with Gasteiger partial charge in [0.15, 0.2) is 11.5 Å². The van der Waals surface area contributed by atoms with E-state index in [2.05, 4.69) is 15.0 Å². The number of aromatic nitrogens is 4. The number of hydrogen-bond donors (Lipinski definition) is 1. The van der Waals surface area contributed by atoms with Crippen LogP contribution in [0.25, 0.3) is 11.2 Å². The number of nitrogen functional groups attached to an aromatic ring is 1. The first-order valence-electron chi connectivity index (χ1n) is 11.6. The summed E-state index contributed by atoms with van der Waals surface area (Å²) in [6.07, 6.45) is 1.59. The van der Waals surface area contributed by atoms with E-state index in [1.54, 1.807) is 41.1 Å². The van der Waals surface area contributed by atoms with Gasteiger partial charge in [-0.25, -0.2) is 24.5 Å². The Morgan fingerprint density at radius 1 is 1.05 bits per heavy atom. The molecule has 1 saturated carbocycles. The van der Waals surface area contributed by atoms with Crippen molar-refractivity contribution in [2.75, 3.05) is 32.7 Å². The number of anilines is 1. The summed E-state index contributed by atoms with van der Waals surface area (Å²) in [5.41, 5.74) is 6.56. The molecule has 1 aliphatic carbocycles. The van der Waals surface area contributed by atoms with Crippen molar-refractivity contribution in [3.8, 4) is 0 Å². The molecule has 0 atom stereocenters. The number of ether oxygens (including phenoxy) is 4. The predicted octanol–water partition coefficient (Wildman–Crippen LogP) is 3.09. The maximum Gasteiger partial charge on any atom is 0.510 e. The Balaban J connectivity index is 1.66. The molecule has 0 spiro atoms. The molecule has 1 fully saturated rings.